The van der Waals surface area contributed by atoms with Gasteiger partial charge in [-0.25, -0.2) is 9.97 Å². The second-order valence-electron chi connectivity index (χ2n) is 3.21. The molecule has 0 spiro atoms. The van der Waals surface area contributed by atoms with Gasteiger partial charge in [0.15, 0.2) is 0 Å². The molecular weight excluding hydrogens is 150 g/mol. The zero-order chi connectivity index (χ0) is 8.39. The van der Waals surface area contributed by atoms with E-state index in [-0.39, 0.29) is 0 Å². The molecule has 2 rings (SSSR count). The van der Waals surface area contributed by atoms with E-state index >= 15 is 0 Å². The summed E-state index contributed by atoms with van der Waals surface area (Å²) in [5, 5.41) is 3.26. The third-order valence-corrected chi connectivity index (χ3v) is 2.27. The van der Waals surface area contributed by atoms with E-state index in [2.05, 4.69) is 15.3 Å². The molecule has 1 saturated carbocycles. The van der Waals surface area contributed by atoms with E-state index in [1.54, 1.807) is 12.4 Å². The molecule has 0 saturated heterocycles. The molecule has 3 heteroatoms. The van der Waals surface area contributed by atoms with Gasteiger partial charge in [-0.15, -0.1) is 0 Å². The van der Waals surface area contributed by atoms with Crippen LogP contribution in [0.4, 0.5) is 0 Å². The molecule has 1 N–H and O–H groups in total. The van der Waals surface area contributed by atoms with Crippen LogP contribution < -0.4 is 5.32 Å². The summed E-state index contributed by atoms with van der Waals surface area (Å²) >= 11 is 0. The Hall–Kier alpha value is -0.960. The van der Waals surface area contributed by atoms with Gasteiger partial charge in [-0.05, 0) is 31.9 Å². The molecule has 0 bridgehead atoms. The quantitative estimate of drug-likeness (QED) is 0.726. The lowest BCUT2D eigenvalue weighted by atomic mass is 10.2. The Bertz CT molecular complexity index is 243. The molecule has 0 amide bonds. The second kappa shape index (κ2) is 3.19. The SMILES string of the molecule is CNC(c1ncccn1)C1CC1. The van der Waals surface area contributed by atoms with Crippen LogP contribution >= 0.6 is 0 Å². The largest absolute Gasteiger partial charge is 0.310 e. The molecule has 64 valence electrons. The van der Waals surface area contributed by atoms with Gasteiger partial charge in [0.2, 0.25) is 0 Å². The maximum absolute atomic E-state index is 4.24. The maximum atomic E-state index is 4.24. The topological polar surface area (TPSA) is 37.8 Å². The van der Waals surface area contributed by atoms with E-state index in [4.69, 9.17) is 0 Å². The Kier molecular flexibility index (Phi) is 2.04. The second-order valence-corrected chi connectivity index (χ2v) is 3.21. The standard InChI is InChI=1S/C9H13N3/c1-10-8(7-3-4-7)9-11-5-2-6-12-9/h2,5-8,10H,3-4H2,1H3. The van der Waals surface area contributed by atoms with Crippen molar-refractivity contribution in [1.29, 1.82) is 0 Å². The van der Waals surface area contributed by atoms with Gasteiger partial charge in [0.05, 0.1) is 6.04 Å². The molecule has 1 aliphatic rings. The fraction of sp³-hybridized carbons (Fsp3) is 0.556. The van der Waals surface area contributed by atoms with Crippen LogP contribution in [-0.2, 0) is 0 Å². The molecule has 0 aromatic carbocycles. The first-order chi connectivity index (χ1) is 5.92. The summed E-state index contributed by atoms with van der Waals surface area (Å²) in [5.74, 6) is 1.69. The van der Waals surface area contributed by atoms with Gasteiger partial charge in [-0.3, -0.25) is 0 Å². The molecule has 1 aliphatic carbocycles. The lowest BCUT2D eigenvalue weighted by Crippen LogP contribution is -2.20. The fourth-order valence-corrected chi connectivity index (χ4v) is 1.48. The van der Waals surface area contributed by atoms with Crippen LogP contribution in [0.25, 0.3) is 0 Å². The number of nitrogens with zero attached hydrogens (tertiary/aromatic N) is 2. The van der Waals surface area contributed by atoms with Crippen LogP contribution in [0.15, 0.2) is 18.5 Å². The molecule has 1 aromatic rings. The highest BCUT2D eigenvalue weighted by Gasteiger charge is 2.32. The van der Waals surface area contributed by atoms with Gasteiger partial charge in [0, 0.05) is 12.4 Å². The highest BCUT2D eigenvalue weighted by molar-refractivity contribution is 5.01. The number of nitrogens with one attached hydrogen (secondary N) is 1. The molecule has 0 aliphatic heterocycles. The monoisotopic (exact) mass is 163 g/mol. The van der Waals surface area contributed by atoms with Crippen LogP contribution in [0.5, 0.6) is 0 Å². The van der Waals surface area contributed by atoms with Crippen molar-refractivity contribution in [1.82, 2.24) is 15.3 Å². The van der Waals surface area contributed by atoms with Gasteiger partial charge >= 0.3 is 0 Å². The molecular formula is C9H13N3. The van der Waals surface area contributed by atoms with Crippen molar-refractivity contribution in [3.8, 4) is 0 Å². The zero-order valence-corrected chi connectivity index (χ0v) is 7.20. The highest BCUT2D eigenvalue weighted by atomic mass is 15.0. The van der Waals surface area contributed by atoms with E-state index in [9.17, 15) is 0 Å². The van der Waals surface area contributed by atoms with Crippen molar-refractivity contribution < 1.29 is 0 Å². The molecule has 1 fully saturated rings. The van der Waals surface area contributed by atoms with Crippen molar-refractivity contribution in [3.63, 3.8) is 0 Å². The van der Waals surface area contributed by atoms with Crippen LogP contribution in [0, 0.1) is 5.92 Å². The average molecular weight is 163 g/mol. The Balaban J connectivity index is 2.15. The summed E-state index contributed by atoms with van der Waals surface area (Å²) < 4.78 is 0. The minimum Gasteiger partial charge on any atom is -0.310 e. The molecule has 1 aromatic heterocycles. The number of rotatable bonds is 3. The molecule has 1 heterocycles. The van der Waals surface area contributed by atoms with Crippen molar-refractivity contribution in [2.75, 3.05) is 7.05 Å². The first kappa shape index (κ1) is 7.68. The summed E-state index contributed by atoms with van der Waals surface area (Å²) in [6.45, 7) is 0. The van der Waals surface area contributed by atoms with Gasteiger partial charge in [-0.1, -0.05) is 0 Å². The molecule has 0 radical (unpaired) electrons. The van der Waals surface area contributed by atoms with E-state index in [0.717, 1.165) is 11.7 Å². The van der Waals surface area contributed by atoms with Crippen LogP contribution in [-0.4, -0.2) is 17.0 Å². The molecule has 1 unspecified atom stereocenters. The summed E-state index contributed by atoms with van der Waals surface area (Å²) in [7, 11) is 1.97. The summed E-state index contributed by atoms with van der Waals surface area (Å²) in [6, 6.07) is 2.22. The fourth-order valence-electron chi connectivity index (χ4n) is 1.48. The van der Waals surface area contributed by atoms with Crippen LogP contribution in [0.2, 0.25) is 0 Å². The predicted molar refractivity (Wildman–Crippen MR) is 46.6 cm³/mol. The van der Waals surface area contributed by atoms with Gasteiger partial charge < -0.3 is 5.32 Å². The van der Waals surface area contributed by atoms with E-state index in [0.29, 0.717) is 6.04 Å². The zero-order valence-electron chi connectivity index (χ0n) is 7.20. The Morgan fingerprint density at radius 3 is 2.58 bits per heavy atom. The number of hydrogen-bond acceptors (Lipinski definition) is 3. The van der Waals surface area contributed by atoms with Crippen molar-refractivity contribution in [2.45, 2.75) is 18.9 Å². The maximum Gasteiger partial charge on any atom is 0.145 e. The average Bonchev–Trinajstić information content (AvgIpc) is 2.92. The Labute approximate surface area is 72.2 Å². The number of hydrogen-bond donors (Lipinski definition) is 1. The van der Waals surface area contributed by atoms with Crippen molar-refractivity contribution in [3.05, 3.63) is 24.3 Å². The van der Waals surface area contributed by atoms with Gasteiger partial charge in [0.25, 0.3) is 0 Å². The van der Waals surface area contributed by atoms with Crippen LogP contribution in [0.1, 0.15) is 24.7 Å². The third kappa shape index (κ3) is 1.46. The van der Waals surface area contributed by atoms with Crippen molar-refractivity contribution >= 4 is 0 Å². The minimum absolute atomic E-state index is 0.367. The lowest BCUT2D eigenvalue weighted by molar-refractivity contribution is 0.500. The lowest BCUT2D eigenvalue weighted by Gasteiger charge is -2.12. The normalized spacial score (nSPS) is 19.1. The minimum atomic E-state index is 0.367. The summed E-state index contributed by atoms with van der Waals surface area (Å²) in [4.78, 5) is 8.48. The first-order valence-electron chi connectivity index (χ1n) is 4.36. The highest BCUT2D eigenvalue weighted by Crippen LogP contribution is 2.39. The molecule has 12 heavy (non-hydrogen) atoms. The molecule has 1 atom stereocenters. The smallest absolute Gasteiger partial charge is 0.145 e. The van der Waals surface area contributed by atoms with E-state index in [1.165, 1.54) is 12.8 Å². The first-order valence-corrected chi connectivity index (χ1v) is 4.36. The summed E-state index contributed by atoms with van der Waals surface area (Å²) in [5.41, 5.74) is 0. The predicted octanol–water partition coefficient (Wildman–Crippen LogP) is 1.15. The third-order valence-electron chi connectivity index (χ3n) is 2.27. The van der Waals surface area contributed by atoms with E-state index in [1.807, 2.05) is 13.1 Å². The van der Waals surface area contributed by atoms with Gasteiger partial charge in [0.1, 0.15) is 5.82 Å². The summed E-state index contributed by atoms with van der Waals surface area (Å²) in [6.07, 6.45) is 6.22. The molecule has 3 nitrogen and oxygen atoms in total. The van der Waals surface area contributed by atoms with Crippen molar-refractivity contribution in [2.24, 2.45) is 5.92 Å². The van der Waals surface area contributed by atoms with Gasteiger partial charge in [-0.2, -0.15) is 0 Å². The Morgan fingerprint density at radius 1 is 1.42 bits per heavy atom. The van der Waals surface area contributed by atoms with Crippen LogP contribution in [0.3, 0.4) is 0 Å². The van der Waals surface area contributed by atoms with E-state index < -0.39 is 0 Å². The Morgan fingerprint density at radius 2 is 2.08 bits per heavy atom. The number of aromatic nitrogens is 2.